The Morgan fingerprint density at radius 3 is 2.48 bits per heavy atom. The van der Waals surface area contributed by atoms with Crippen LogP contribution in [0.4, 0.5) is 0 Å². The Bertz CT molecular complexity index is 369. The molecule has 5 nitrogen and oxygen atoms in total. The Labute approximate surface area is 128 Å². The predicted octanol–water partition coefficient (Wildman–Crippen LogP) is 1.42. The van der Waals surface area contributed by atoms with E-state index in [2.05, 4.69) is 31.4 Å². The van der Waals surface area contributed by atoms with Gasteiger partial charge in [0, 0.05) is 31.5 Å². The van der Waals surface area contributed by atoms with E-state index >= 15 is 0 Å². The van der Waals surface area contributed by atoms with E-state index < -0.39 is 0 Å². The van der Waals surface area contributed by atoms with Crippen molar-refractivity contribution in [1.82, 2.24) is 10.6 Å². The van der Waals surface area contributed by atoms with Crippen molar-refractivity contribution in [2.45, 2.75) is 59.4 Å². The summed E-state index contributed by atoms with van der Waals surface area (Å²) in [6.45, 7) is 9.48. The fraction of sp³-hybridized carbons (Fsp3) is 0.875. The molecule has 2 amide bonds. The molecule has 0 spiro atoms. The Hall–Kier alpha value is -1.10. The molecular formula is C16H31N3O2. The van der Waals surface area contributed by atoms with Crippen LogP contribution in [-0.4, -0.2) is 30.9 Å². The number of amides is 2. The van der Waals surface area contributed by atoms with E-state index in [-0.39, 0.29) is 29.2 Å². The van der Waals surface area contributed by atoms with Gasteiger partial charge in [-0.15, -0.1) is 0 Å². The fourth-order valence-corrected chi connectivity index (χ4v) is 3.09. The molecule has 4 N–H and O–H groups in total. The lowest BCUT2D eigenvalue weighted by molar-refractivity contribution is -0.132. The van der Waals surface area contributed by atoms with Crippen LogP contribution in [0.25, 0.3) is 0 Å². The molecule has 1 aliphatic rings. The average Bonchev–Trinajstić information content (AvgIpc) is 2.42. The molecule has 0 aliphatic heterocycles. The van der Waals surface area contributed by atoms with Crippen molar-refractivity contribution in [3.8, 4) is 0 Å². The van der Waals surface area contributed by atoms with Crippen LogP contribution in [0.3, 0.4) is 0 Å². The molecule has 3 atom stereocenters. The van der Waals surface area contributed by atoms with Gasteiger partial charge in [0.25, 0.3) is 0 Å². The maximum Gasteiger partial charge on any atom is 0.223 e. The smallest absolute Gasteiger partial charge is 0.223 e. The van der Waals surface area contributed by atoms with Gasteiger partial charge in [0.2, 0.25) is 11.8 Å². The summed E-state index contributed by atoms with van der Waals surface area (Å²) >= 11 is 0. The van der Waals surface area contributed by atoms with E-state index in [1.165, 1.54) is 0 Å². The highest BCUT2D eigenvalue weighted by atomic mass is 16.2. The van der Waals surface area contributed by atoms with Crippen LogP contribution >= 0.6 is 0 Å². The standard InChI is InChI=1S/C16H31N3O2/c1-5-9-18-14(20)8-10-19-15(21)12-6-7-13(17)11(2)16(12,3)4/h11-13H,5-10,17H2,1-4H3,(H,18,20)(H,19,21). The first-order valence-electron chi connectivity index (χ1n) is 8.10. The second kappa shape index (κ2) is 7.78. The summed E-state index contributed by atoms with van der Waals surface area (Å²) in [5, 5.41) is 5.72. The van der Waals surface area contributed by atoms with Crippen LogP contribution in [0.15, 0.2) is 0 Å². The van der Waals surface area contributed by atoms with Gasteiger partial charge >= 0.3 is 0 Å². The number of hydrogen-bond donors (Lipinski definition) is 3. The van der Waals surface area contributed by atoms with Crippen molar-refractivity contribution in [3.63, 3.8) is 0 Å². The zero-order chi connectivity index (χ0) is 16.0. The zero-order valence-corrected chi connectivity index (χ0v) is 13.9. The molecule has 21 heavy (non-hydrogen) atoms. The molecule has 1 aliphatic carbocycles. The zero-order valence-electron chi connectivity index (χ0n) is 13.9. The maximum atomic E-state index is 12.4. The highest BCUT2D eigenvalue weighted by molar-refractivity contribution is 5.81. The monoisotopic (exact) mass is 297 g/mol. The number of hydrogen-bond acceptors (Lipinski definition) is 3. The second-order valence-corrected chi connectivity index (χ2v) is 6.79. The van der Waals surface area contributed by atoms with Crippen LogP contribution in [-0.2, 0) is 9.59 Å². The first kappa shape index (κ1) is 18.0. The molecule has 3 unspecified atom stereocenters. The van der Waals surface area contributed by atoms with Gasteiger partial charge in [-0.05, 0) is 30.6 Å². The molecule has 0 heterocycles. The van der Waals surface area contributed by atoms with Crippen molar-refractivity contribution in [2.24, 2.45) is 23.0 Å². The third-order valence-corrected chi connectivity index (χ3v) is 5.04. The van der Waals surface area contributed by atoms with Gasteiger partial charge in [-0.25, -0.2) is 0 Å². The summed E-state index contributed by atoms with van der Waals surface area (Å²) in [5.41, 5.74) is 6.01. The lowest BCUT2D eigenvalue weighted by Crippen LogP contribution is -2.51. The van der Waals surface area contributed by atoms with E-state index in [9.17, 15) is 9.59 Å². The molecule has 1 fully saturated rings. The predicted molar refractivity (Wildman–Crippen MR) is 84.6 cm³/mol. The van der Waals surface area contributed by atoms with Crippen LogP contribution in [0.5, 0.6) is 0 Å². The van der Waals surface area contributed by atoms with Gasteiger partial charge < -0.3 is 16.4 Å². The summed E-state index contributed by atoms with van der Waals surface area (Å²) in [4.78, 5) is 23.9. The Morgan fingerprint density at radius 1 is 1.19 bits per heavy atom. The van der Waals surface area contributed by atoms with Crippen LogP contribution in [0, 0.1) is 17.3 Å². The van der Waals surface area contributed by atoms with Gasteiger partial charge in [-0.1, -0.05) is 27.7 Å². The quantitative estimate of drug-likeness (QED) is 0.693. The Kier molecular flexibility index (Phi) is 6.65. The molecule has 0 aromatic heterocycles. The number of rotatable bonds is 6. The average molecular weight is 297 g/mol. The van der Waals surface area contributed by atoms with Gasteiger partial charge in [-0.3, -0.25) is 9.59 Å². The molecular weight excluding hydrogens is 266 g/mol. The molecule has 5 heteroatoms. The summed E-state index contributed by atoms with van der Waals surface area (Å²) in [5.74, 6) is 0.346. The number of nitrogens with one attached hydrogen (secondary N) is 2. The van der Waals surface area contributed by atoms with Crippen molar-refractivity contribution in [1.29, 1.82) is 0 Å². The molecule has 0 bridgehead atoms. The van der Waals surface area contributed by atoms with Crippen molar-refractivity contribution < 1.29 is 9.59 Å². The minimum atomic E-state index is -0.105. The summed E-state index contributed by atoms with van der Waals surface area (Å²) < 4.78 is 0. The molecule has 1 rings (SSSR count). The number of carbonyl (C=O) groups is 2. The number of nitrogens with two attached hydrogens (primary N) is 1. The third-order valence-electron chi connectivity index (χ3n) is 5.04. The van der Waals surface area contributed by atoms with Gasteiger partial charge in [0.1, 0.15) is 0 Å². The van der Waals surface area contributed by atoms with Gasteiger partial charge in [0.05, 0.1) is 0 Å². The highest BCUT2D eigenvalue weighted by Gasteiger charge is 2.44. The number of carbonyl (C=O) groups excluding carboxylic acids is 2. The van der Waals surface area contributed by atoms with Crippen LogP contribution in [0.2, 0.25) is 0 Å². The molecule has 0 radical (unpaired) electrons. The van der Waals surface area contributed by atoms with Crippen LogP contribution < -0.4 is 16.4 Å². The fourth-order valence-electron chi connectivity index (χ4n) is 3.09. The van der Waals surface area contributed by atoms with E-state index in [1.807, 2.05) is 6.92 Å². The van der Waals surface area contributed by atoms with Crippen molar-refractivity contribution in [3.05, 3.63) is 0 Å². The molecule has 0 saturated heterocycles. The van der Waals surface area contributed by atoms with E-state index in [0.29, 0.717) is 25.4 Å². The third kappa shape index (κ3) is 4.70. The van der Waals surface area contributed by atoms with Crippen molar-refractivity contribution in [2.75, 3.05) is 13.1 Å². The molecule has 0 aromatic carbocycles. The normalized spacial score (nSPS) is 28.0. The first-order valence-corrected chi connectivity index (χ1v) is 8.10. The van der Waals surface area contributed by atoms with E-state index in [4.69, 9.17) is 5.73 Å². The van der Waals surface area contributed by atoms with E-state index in [1.54, 1.807) is 0 Å². The van der Waals surface area contributed by atoms with Crippen LogP contribution in [0.1, 0.15) is 53.4 Å². The van der Waals surface area contributed by atoms with E-state index in [0.717, 1.165) is 19.3 Å². The molecule has 1 saturated carbocycles. The summed E-state index contributed by atoms with van der Waals surface area (Å²) in [6, 6.07) is 0.170. The first-order chi connectivity index (χ1) is 9.80. The maximum absolute atomic E-state index is 12.4. The summed E-state index contributed by atoms with van der Waals surface area (Å²) in [6.07, 6.45) is 2.98. The minimum Gasteiger partial charge on any atom is -0.356 e. The Morgan fingerprint density at radius 2 is 1.86 bits per heavy atom. The second-order valence-electron chi connectivity index (χ2n) is 6.79. The molecule has 0 aromatic rings. The Balaban J connectivity index is 2.43. The minimum absolute atomic E-state index is 0.00422. The van der Waals surface area contributed by atoms with Crippen molar-refractivity contribution >= 4 is 11.8 Å². The lowest BCUT2D eigenvalue weighted by atomic mass is 9.61. The lowest BCUT2D eigenvalue weighted by Gasteiger charge is -2.46. The highest BCUT2D eigenvalue weighted by Crippen LogP contribution is 2.44. The van der Waals surface area contributed by atoms with Gasteiger partial charge in [-0.2, -0.15) is 0 Å². The topological polar surface area (TPSA) is 84.2 Å². The SMILES string of the molecule is CCCNC(=O)CCNC(=O)C1CCC(N)C(C)C1(C)C. The molecule has 122 valence electrons. The largest absolute Gasteiger partial charge is 0.356 e. The van der Waals surface area contributed by atoms with Gasteiger partial charge in [0.15, 0.2) is 0 Å². The summed E-state index contributed by atoms with van der Waals surface area (Å²) in [7, 11) is 0.